The van der Waals surface area contributed by atoms with Crippen LogP contribution in [0.15, 0.2) is 41.1 Å². The number of hydrogen-bond acceptors (Lipinski definition) is 3. The first-order valence-electron chi connectivity index (χ1n) is 5.05. The quantitative estimate of drug-likeness (QED) is 0.876. The van der Waals surface area contributed by atoms with Crippen LogP contribution in [0, 0.1) is 5.82 Å². The van der Waals surface area contributed by atoms with E-state index < -0.39 is 0 Å². The number of carbonyl (C=O) groups is 1. The van der Waals surface area contributed by atoms with Gasteiger partial charge in [0.1, 0.15) is 5.82 Å². The first kappa shape index (κ1) is 11.6. The zero-order chi connectivity index (χ0) is 12.1. The molecule has 0 unspecified atom stereocenters. The van der Waals surface area contributed by atoms with E-state index in [0.717, 1.165) is 5.69 Å². The molecule has 0 saturated heterocycles. The molecule has 0 radical (unpaired) electrons. The molecule has 0 aliphatic heterocycles. The highest BCUT2D eigenvalue weighted by atomic mass is 32.1. The zero-order valence-corrected chi connectivity index (χ0v) is 9.76. The van der Waals surface area contributed by atoms with Crippen molar-refractivity contribution in [3.8, 4) is 0 Å². The van der Waals surface area contributed by atoms with Gasteiger partial charge in [-0.2, -0.15) is 11.3 Å². The Labute approximate surface area is 102 Å². The second-order valence-corrected chi connectivity index (χ2v) is 4.20. The highest BCUT2D eigenvalue weighted by molar-refractivity contribution is 7.08. The van der Waals surface area contributed by atoms with Gasteiger partial charge in [0.25, 0.3) is 0 Å². The predicted octanol–water partition coefficient (Wildman–Crippen LogP) is 2.94. The van der Waals surface area contributed by atoms with E-state index in [0.29, 0.717) is 5.69 Å². The summed E-state index contributed by atoms with van der Waals surface area (Å²) in [6.07, 6.45) is 0. The van der Waals surface area contributed by atoms with Crippen molar-refractivity contribution in [1.29, 1.82) is 0 Å². The molecule has 0 fully saturated rings. The van der Waals surface area contributed by atoms with Crippen LogP contribution >= 0.6 is 11.3 Å². The number of benzene rings is 1. The Morgan fingerprint density at radius 2 is 2.18 bits per heavy atom. The number of nitrogens with one attached hydrogen (secondary N) is 2. The molecule has 0 atom stereocenters. The van der Waals surface area contributed by atoms with Crippen molar-refractivity contribution in [3.05, 3.63) is 46.9 Å². The number of rotatable bonds is 4. The molecule has 2 aromatic rings. The number of hydrogen-bond donors (Lipinski definition) is 2. The van der Waals surface area contributed by atoms with Crippen LogP contribution < -0.4 is 10.6 Å². The van der Waals surface area contributed by atoms with Crippen molar-refractivity contribution in [2.45, 2.75) is 0 Å². The van der Waals surface area contributed by atoms with Crippen LogP contribution in [0.4, 0.5) is 15.8 Å². The van der Waals surface area contributed by atoms with Crippen LogP contribution in [0.1, 0.15) is 0 Å². The van der Waals surface area contributed by atoms with Gasteiger partial charge in [-0.25, -0.2) is 4.39 Å². The van der Waals surface area contributed by atoms with E-state index in [4.69, 9.17) is 0 Å². The molecule has 1 heterocycles. The number of carbonyl (C=O) groups excluding carboxylic acids is 1. The lowest BCUT2D eigenvalue weighted by atomic mass is 10.3. The van der Waals surface area contributed by atoms with E-state index in [1.807, 2.05) is 16.8 Å². The SMILES string of the molecule is O=C(CNc1ccsc1)Nc1cccc(F)c1. The molecule has 3 nitrogen and oxygen atoms in total. The van der Waals surface area contributed by atoms with Crippen LogP contribution in [0.3, 0.4) is 0 Å². The fourth-order valence-electron chi connectivity index (χ4n) is 1.32. The average molecular weight is 250 g/mol. The lowest BCUT2D eigenvalue weighted by Gasteiger charge is -2.06. The van der Waals surface area contributed by atoms with Crippen molar-refractivity contribution >= 4 is 28.6 Å². The van der Waals surface area contributed by atoms with E-state index in [9.17, 15) is 9.18 Å². The topological polar surface area (TPSA) is 41.1 Å². The Balaban J connectivity index is 1.85. The molecule has 1 aromatic heterocycles. The van der Waals surface area contributed by atoms with Gasteiger partial charge in [-0.3, -0.25) is 4.79 Å². The lowest BCUT2D eigenvalue weighted by molar-refractivity contribution is -0.114. The van der Waals surface area contributed by atoms with Gasteiger partial charge in [0.2, 0.25) is 5.91 Å². The molecule has 2 N–H and O–H groups in total. The Hall–Kier alpha value is -1.88. The molecule has 1 aromatic carbocycles. The third-order valence-corrected chi connectivity index (χ3v) is 2.77. The molecular weight excluding hydrogens is 239 g/mol. The Morgan fingerprint density at radius 3 is 2.88 bits per heavy atom. The highest BCUT2D eigenvalue weighted by Crippen LogP contribution is 2.12. The molecule has 0 saturated carbocycles. The molecule has 1 amide bonds. The maximum absolute atomic E-state index is 12.9. The number of amides is 1. The number of anilines is 2. The van der Waals surface area contributed by atoms with E-state index in [1.165, 1.54) is 12.1 Å². The minimum Gasteiger partial charge on any atom is -0.375 e. The van der Waals surface area contributed by atoms with E-state index in [2.05, 4.69) is 10.6 Å². The van der Waals surface area contributed by atoms with Crippen LogP contribution in [-0.2, 0) is 4.79 Å². The molecule has 0 bridgehead atoms. The summed E-state index contributed by atoms with van der Waals surface area (Å²) in [5, 5.41) is 9.41. The van der Waals surface area contributed by atoms with Crippen LogP contribution in [0.5, 0.6) is 0 Å². The van der Waals surface area contributed by atoms with Crippen molar-refractivity contribution in [1.82, 2.24) is 0 Å². The first-order chi connectivity index (χ1) is 8.24. The molecule has 0 aliphatic rings. The standard InChI is InChI=1S/C12H11FN2OS/c13-9-2-1-3-10(6-9)15-12(16)7-14-11-4-5-17-8-11/h1-6,8,14H,7H2,(H,15,16). The third kappa shape index (κ3) is 3.57. The molecule has 0 spiro atoms. The normalized spacial score (nSPS) is 9.94. The summed E-state index contributed by atoms with van der Waals surface area (Å²) in [4.78, 5) is 11.5. The summed E-state index contributed by atoms with van der Waals surface area (Å²) >= 11 is 1.55. The van der Waals surface area contributed by atoms with Gasteiger partial charge in [0, 0.05) is 16.8 Å². The second kappa shape index (κ2) is 5.45. The number of thiophene rings is 1. The Morgan fingerprint density at radius 1 is 1.29 bits per heavy atom. The summed E-state index contributed by atoms with van der Waals surface area (Å²) in [5.41, 5.74) is 1.37. The summed E-state index contributed by atoms with van der Waals surface area (Å²) < 4.78 is 12.9. The first-order valence-corrected chi connectivity index (χ1v) is 6.00. The van der Waals surface area contributed by atoms with Gasteiger partial charge in [-0.05, 0) is 29.6 Å². The smallest absolute Gasteiger partial charge is 0.243 e. The van der Waals surface area contributed by atoms with Crippen LogP contribution in [0.2, 0.25) is 0 Å². The third-order valence-electron chi connectivity index (χ3n) is 2.08. The van der Waals surface area contributed by atoms with Gasteiger partial charge in [-0.15, -0.1) is 0 Å². The summed E-state index contributed by atoms with van der Waals surface area (Å²) in [6, 6.07) is 7.70. The monoisotopic (exact) mass is 250 g/mol. The van der Waals surface area contributed by atoms with Crippen molar-refractivity contribution in [3.63, 3.8) is 0 Å². The van der Waals surface area contributed by atoms with E-state index in [1.54, 1.807) is 23.5 Å². The van der Waals surface area contributed by atoms with E-state index in [-0.39, 0.29) is 18.3 Å². The lowest BCUT2D eigenvalue weighted by Crippen LogP contribution is -2.21. The minimum absolute atomic E-state index is 0.160. The maximum Gasteiger partial charge on any atom is 0.243 e. The predicted molar refractivity (Wildman–Crippen MR) is 67.8 cm³/mol. The molecule has 17 heavy (non-hydrogen) atoms. The summed E-state index contributed by atoms with van der Waals surface area (Å²) in [5.74, 6) is -0.574. The summed E-state index contributed by atoms with van der Waals surface area (Å²) in [7, 11) is 0. The van der Waals surface area contributed by atoms with Crippen molar-refractivity contribution in [2.24, 2.45) is 0 Å². The van der Waals surface area contributed by atoms with Gasteiger partial charge < -0.3 is 10.6 Å². The molecule has 88 valence electrons. The van der Waals surface area contributed by atoms with Crippen LogP contribution in [0.25, 0.3) is 0 Å². The summed E-state index contributed by atoms with van der Waals surface area (Å²) in [6.45, 7) is 0.160. The molecule has 2 rings (SSSR count). The van der Waals surface area contributed by atoms with Gasteiger partial charge in [-0.1, -0.05) is 6.07 Å². The van der Waals surface area contributed by atoms with Gasteiger partial charge in [0.05, 0.1) is 6.54 Å². The zero-order valence-electron chi connectivity index (χ0n) is 8.94. The van der Waals surface area contributed by atoms with Crippen LogP contribution in [-0.4, -0.2) is 12.5 Å². The van der Waals surface area contributed by atoms with E-state index >= 15 is 0 Å². The van der Waals surface area contributed by atoms with Gasteiger partial charge >= 0.3 is 0 Å². The second-order valence-electron chi connectivity index (χ2n) is 3.42. The fourth-order valence-corrected chi connectivity index (χ4v) is 1.93. The molecule has 5 heteroatoms. The van der Waals surface area contributed by atoms with Crippen molar-refractivity contribution in [2.75, 3.05) is 17.2 Å². The maximum atomic E-state index is 12.9. The largest absolute Gasteiger partial charge is 0.375 e. The fraction of sp³-hybridized carbons (Fsp3) is 0.0833. The van der Waals surface area contributed by atoms with Crippen molar-refractivity contribution < 1.29 is 9.18 Å². The Bertz CT molecular complexity index is 499. The molecular formula is C12H11FN2OS. The minimum atomic E-state index is -0.367. The highest BCUT2D eigenvalue weighted by Gasteiger charge is 2.02. The van der Waals surface area contributed by atoms with Gasteiger partial charge in [0.15, 0.2) is 0 Å². The molecule has 0 aliphatic carbocycles. The average Bonchev–Trinajstić information content (AvgIpc) is 2.79. The number of halogens is 1. The Kier molecular flexibility index (Phi) is 3.72.